The van der Waals surface area contributed by atoms with Gasteiger partial charge in [-0.15, -0.1) is 0 Å². The lowest BCUT2D eigenvalue weighted by molar-refractivity contribution is -0.124. The zero-order valence-corrected chi connectivity index (χ0v) is 12.6. The van der Waals surface area contributed by atoms with Crippen molar-refractivity contribution in [1.82, 2.24) is 15.3 Å². The predicted octanol–water partition coefficient (Wildman–Crippen LogP) is 2.00. The van der Waals surface area contributed by atoms with Gasteiger partial charge in [-0.2, -0.15) is 0 Å². The molecule has 0 aromatic carbocycles. The summed E-state index contributed by atoms with van der Waals surface area (Å²) in [6.45, 7) is 1.77. The predicted molar refractivity (Wildman–Crippen MR) is 76.2 cm³/mol. The minimum absolute atomic E-state index is 0.181. The van der Waals surface area contributed by atoms with Gasteiger partial charge < -0.3 is 10.2 Å². The molecule has 7 heteroatoms. The molecule has 0 bridgehead atoms. The van der Waals surface area contributed by atoms with Crippen LogP contribution in [-0.2, 0) is 4.79 Å². The van der Waals surface area contributed by atoms with Crippen molar-refractivity contribution in [3.05, 3.63) is 16.0 Å². The Bertz CT molecular complexity index is 513. The number of amides is 1. The summed E-state index contributed by atoms with van der Waals surface area (Å²) >= 11 is 9.45. The number of fused-ring (bicyclic) bond motifs is 1. The Morgan fingerprint density at radius 2 is 2.26 bits per heavy atom. The number of carbonyl (C=O) groups excluding carboxylic acids is 1. The molecule has 1 N–H and O–H groups in total. The number of piperidine rings is 2. The highest BCUT2D eigenvalue weighted by Crippen LogP contribution is 2.33. The first-order chi connectivity index (χ1) is 9.15. The van der Waals surface area contributed by atoms with Gasteiger partial charge in [-0.05, 0) is 34.7 Å². The van der Waals surface area contributed by atoms with E-state index in [0.29, 0.717) is 23.5 Å². The fourth-order valence-electron chi connectivity index (χ4n) is 2.86. The highest BCUT2D eigenvalue weighted by molar-refractivity contribution is 9.10. The molecule has 1 aromatic rings. The number of halogens is 2. The van der Waals surface area contributed by atoms with Gasteiger partial charge in [0.2, 0.25) is 5.91 Å². The largest absolute Gasteiger partial charge is 0.355 e. The van der Waals surface area contributed by atoms with E-state index in [1.165, 1.54) is 6.33 Å². The third kappa shape index (κ3) is 2.56. The van der Waals surface area contributed by atoms with Crippen molar-refractivity contribution in [2.45, 2.75) is 25.3 Å². The van der Waals surface area contributed by atoms with Gasteiger partial charge >= 0.3 is 0 Å². The first kappa shape index (κ1) is 13.1. The number of hydrogen-bond acceptors (Lipinski definition) is 4. The second-order valence-electron chi connectivity index (χ2n) is 5.01. The Hall–Kier alpha value is -0.880. The number of aromatic nitrogens is 2. The summed E-state index contributed by atoms with van der Waals surface area (Å²) in [6.07, 6.45) is 4.01. The van der Waals surface area contributed by atoms with Crippen LogP contribution in [0, 0.1) is 5.92 Å². The number of nitrogens with one attached hydrogen (secondary N) is 1. The average Bonchev–Trinajstić information content (AvgIpc) is 2.41. The molecule has 2 atom stereocenters. The molecular formula is C12H14BrClN4O. The minimum atomic E-state index is 0.181. The molecule has 2 aliphatic rings. The zero-order valence-electron chi connectivity index (χ0n) is 10.3. The Balaban J connectivity index is 1.78. The normalized spacial score (nSPS) is 26.8. The van der Waals surface area contributed by atoms with E-state index in [-0.39, 0.29) is 5.91 Å². The van der Waals surface area contributed by atoms with E-state index in [2.05, 4.69) is 36.1 Å². The summed E-state index contributed by atoms with van der Waals surface area (Å²) in [5, 5.41) is 3.51. The Kier molecular flexibility index (Phi) is 3.62. The molecule has 1 amide bonds. The minimum Gasteiger partial charge on any atom is -0.355 e. The highest BCUT2D eigenvalue weighted by atomic mass is 79.9. The summed E-state index contributed by atoms with van der Waals surface area (Å²) in [5.74, 6) is 1.52. The van der Waals surface area contributed by atoms with Crippen molar-refractivity contribution in [2.24, 2.45) is 5.92 Å². The summed E-state index contributed by atoms with van der Waals surface area (Å²) < 4.78 is 0.745. The number of hydrogen-bond donors (Lipinski definition) is 1. The van der Waals surface area contributed by atoms with Gasteiger partial charge in [0.25, 0.3) is 0 Å². The van der Waals surface area contributed by atoms with E-state index in [4.69, 9.17) is 11.6 Å². The molecule has 0 saturated carbocycles. The number of rotatable bonds is 1. The topological polar surface area (TPSA) is 58.1 Å². The van der Waals surface area contributed by atoms with Gasteiger partial charge in [0.05, 0.1) is 4.47 Å². The van der Waals surface area contributed by atoms with Crippen molar-refractivity contribution < 1.29 is 4.79 Å². The van der Waals surface area contributed by atoms with Crippen LogP contribution in [0.3, 0.4) is 0 Å². The van der Waals surface area contributed by atoms with Crippen LogP contribution in [0.2, 0.25) is 5.15 Å². The van der Waals surface area contributed by atoms with Gasteiger partial charge in [-0.1, -0.05) is 11.6 Å². The van der Waals surface area contributed by atoms with E-state index in [1.807, 2.05) is 0 Å². The maximum absolute atomic E-state index is 11.4. The van der Waals surface area contributed by atoms with Crippen molar-refractivity contribution in [3.63, 3.8) is 0 Å². The standard InChI is InChI=1S/C12H14BrClN4O/c13-10-11(14)15-6-16-12(10)18-4-3-8-7(5-18)1-2-9(19)17-8/h6-8H,1-5H2,(H,17,19). The average molecular weight is 346 g/mol. The van der Waals surface area contributed by atoms with Crippen LogP contribution >= 0.6 is 27.5 Å². The molecule has 0 radical (unpaired) electrons. The molecule has 19 heavy (non-hydrogen) atoms. The van der Waals surface area contributed by atoms with Crippen LogP contribution in [0.4, 0.5) is 5.82 Å². The molecule has 3 rings (SSSR count). The molecule has 2 aliphatic heterocycles. The molecule has 0 spiro atoms. The van der Waals surface area contributed by atoms with Gasteiger partial charge in [-0.25, -0.2) is 9.97 Å². The van der Waals surface area contributed by atoms with Crippen LogP contribution in [0.25, 0.3) is 0 Å². The van der Waals surface area contributed by atoms with Crippen molar-refractivity contribution in [1.29, 1.82) is 0 Å². The summed E-state index contributed by atoms with van der Waals surface area (Å²) in [7, 11) is 0. The van der Waals surface area contributed by atoms with Crippen LogP contribution in [0.15, 0.2) is 10.8 Å². The lowest BCUT2D eigenvalue weighted by atomic mass is 9.85. The quantitative estimate of drug-likeness (QED) is 0.791. The zero-order chi connectivity index (χ0) is 13.4. The number of anilines is 1. The third-order valence-corrected chi connectivity index (χ3v) is 5.10. The second kappa shape index (κ2) is 5.25. The summed E-state index contributed by atoms with van der Waals surface area (Å²) in [4.78, 5) is 21.9. The van der Waals surface area contributed by atoms with Gasteiger partial charge in [0, 0.05) is 25.6 Å². The summed E-state index contributed by atoms with van der Waals surface area (Å²) in [6, 6.07) is 0.314. The maximum Gasteiger partial charge on any atom is 0.220 e. The van der Waals surface area contributed by atoms with Crippen LogP contribution in [-0.4, -0.2) is 35.0 Å². The fourth-order valence-corrected chi connectivity index (χ4v) is 3.45. The smallest absolute Gasteiger partial charge is 0.220 e. The number of nitrogens with zero attached hydrogens (tertiary/aromatic N) is 3. The Labute approximate surface area is 124 Å². The molecule has 3 heterocycles. The van der Waals surface area contributed by atoms with E-state index in [9.17, 15) is 4.79 Å². The van der Waals surface area contributed by atoms with Crippen molar-refractivity contribution in [2.75, 3.05) is 18.0 Å². The highest BCUT2D eigenvalue weighted by Gasteiger charge is 2.34. The van der Waals surface area contributed by atoms with E-state index in [1.54, 1.807) is 0 Å². The van der Waals surface area contributed by atoms with Crippen molar-refractivity contribution in [3.8, 4) is 0 Å². The second-order valence-corrected chi connectivity index (χ2v) is 6.16. The Morgan fingerprint density at radius 1 is 1.42 bits per heavy atom. The fraction of sp³-hybridized carbons (Fsp3) is 0.583. The van der Waals surface area contributed by atoms with E-state index in [0.717, 1.165) is 36.2 Å². The first-order valence-electron chi connectivity index (χ1n) is 6.35. The monoisotopic (exact) mass is 344 g/mol. The molecule has 2 unspecified atom stereocenters. The third-order valence-electron chi connectivity index (χ3n) is 3.85. The lowest BCUT2D eigenvalue weighted by Crippen LogP contribution is -2.54. The first-order valence-corrected chi connectivity index (χ1v) is 7.52. The molecule has 0 aliphatic carbocycles. The van der Waals surface area contributed by atoms with Crippen LogP contribution in [0.5, 0.6) is 0 Å². The molecular weight excluding hydrogens is 332 g/mol. The summed E-state index contributed by atoms with van der Waals surface area (Å²) in [5.41, 5.74) is 0. The van der Waals surface area contributed by atoms with Crippen LogP contribution in [0.1, 0.15) is 19.3 Å². The van der Waals surface area contributed by atoms with Gasteiger partial charge in [-0.3, -0.25) is 4.79 Å². The Morgan fingerprint density at radius 3 is 3.11 bits per heavy atom. The molecule has 2 saturated heterocycles. The molecule has 5 nitrogen and oxygen atoms in total. The van der Waals surface area contributed by atoms with Crippen LogP contribution < -0.4 is 10.2 Å². The SMILES string of the molecule is O=C1CCC2CN(c3ncnc(Cl)c3Br)CCC2N1. The van der Waals surface area contributed by atoms with Gasteiger partial charge in [0.1, 0.15) is 17.3 Å². The molecule has 1 aromatic heterocycles. The lowest BCUT2D eigenvalue weighted by Gasteiger charge is -2.42. The molecule has 2 fully saturated rings. The van der Waals surface area contributed by atoms with Gasteiger partial charge in [0.15, 0.2) is 0 Å². The number of carbonyl (C=O) groups is 1. The van der Waals surface area contributed by atoms with E-state index < -0.39 is 0 Å². The van der Waals surface area contributed by atoms with E-state index >= 15 is 0 Å². The molecule has 102 valence electrons. The maximum atomic E-state index is 11.4. The van der Waals surface area contributed by atoms with Crippen molar-refractivity contribution >= 4 is 39.3 Å².